The van der Waals surface area contributed by atoms with Crippen molar-refractivity contribution in [1.82, 2.24) is 15.0 Å². The lowest BCUT2D eigenvalue weighted by atomic mass is 10.2. The lowest BCUT2D eigenvalue weighted by Gasteiger charge is -2.34. The molecule has 35 heavy (non-hydrogen) atoms. The summed E-state index contributed by atoms with van der Waals surface area (Å²) >= 11 is 0. The molecule has 0 unspecified atom stereocenters. The van der Waals surface area contributed by atoms with E-state index in [2.05, 4.69) is 35.8 Å². The van der Waals surface area contributed by atoms with Gasteiger partial charge in [0, 0.05) is 31.1 Å². The van der Waals surface area contributed by atoms with Crippen LogP contribution in [0.25, 0.3) is 0 Å². The number of pyridine rings is 1. The van der Waals surface area contributed by atoms with Gasteiger partial charge in [-0.05, 0) is 42.8 Å². The van der Waals surface area contributed by atoms with Crippen LogP contribution in [-0.4, -0.2) is 65.0 Å². The maximum atomic E-state index is 14.4. The monoisotopic (exact) mass is 481 g/mol. The summed E-state index contributed by atoms with van der Waals surface area (Å²) in [6.07, 6.45) is 1.68. The van der Waals surface area contributed by atoms with E-state index >= 15 is 0 Å². The average molecular weight is 481 g/mol. The molecule has 12 heteroatoms. The summed E-state index contributed by atoms with van der Waals surface area (Å²) in [5, 5.41) is 17.6. The Morgan fingerprint density at radius 3 is 2.86 bits per heavy atom. The molecule has 1 atom stereocenters. The van der Waals surface area contributed by atoms with Gasteiger partial charge in [0.15, 0.2) is 29.8 Å². The van der Waals surface area contributed by atoms with E-state index in [-0.39, 0.29) is 48.6 Å². The molecule has 2 aromatic heterocycles. The van der Waals surface area contributed by atoms with Crippen molar-refractivity contribution in [2.75, 3.05) is 53.8 Å². The van der Waals surface area contributed by atoms with Crippen LogP contribution in [0, 0.1) is 5.82 Å². The van der Waals surface area contributed by atoms with Gasteiger partial charge in [-0.2, -0.15) is 4.98 Å². The van der Waals surface area contributed by atoms with Gasteiger partial charge in [-0.3, -0.25) is 4.79 Å². The molecule has 0 bridgehead atoms. The molecule has 0 radical (unpaired) electrons. The Hall–Kier alpha value is -4.03. The van der Waals surface area contributed by atoms with Crippen molar-refractivity contribution in [2.45, 2.75) is 12.5 Å². The number of anilines is 6. The number of rotatable bonds is 7. The molecule has 1 fully saturated rings. The maximum Gasteiger partial charge on any atom is 0.263 e. The second kappa shape index (κ2) is 10.1. The fourth-order valence-electron chi connectivity index (χ4n) is 3.83. The molecule has 4 N–H and O–H groups in total. The number of aliphatic hydroxyl groups is 1. The minimum atomic E-state index is -0.657. The van der Waals surface area contributed by atoms with E-state index in [4.69, 9.17) is 14.6 Å². The third-order valence-electron chi connectivity index (χ3n) is 5.54. The molecule has 11 nitrogen and oxygen atoms in total. The molecule has 3 aromatic rings. The molecule has 0 aliphatic carbocycles. The minimum Gasteiger partial charge on any atom is -0.480 e. The van der Waals surface area contributed by atoms with Crippen LogP contribution in [0.15, 0.2) is 42.6 Å². The molecule has 1 saturated heterocycles. The summed E-state index contributed by atoms with van der Waals surface area (Å²) in [6.45, 7) is 2.13. The SMILES string of the molecule is O=C1COc2ccc(Nc3nc(Nc4ccc(N5CCO[C@H](CCO)C5)cc4)ncc3F)nc2N1. The van der Waals surface area contributed by atoms with Crippen LogP contribution in [0.2, 0.25) is 0 Å². The smallest absolute Gasteiger partial charge is 0.263 e. The maximum absolute atomic E-state index is 14.4. The van der Waals surface area contributed by atoms with Crippen molar-refractivity contribution < 1.29 is 23.8 Å². The number of halogens is 1. The van der Waals surface area contributed by atoms with Crippen molar-refractivity contribution in [1.29, 1.82) is 0 Å². The van der Waals surface area contributed by atoms with Crippen LogP contribution >= 0.6 is 0 Å². The fraction of sp³-hybridized carbons (Fsp3) is 0.304. The van der Waals surface area contributed by atoms with Crippen molar-refractivity contribution in [3.05, 3.63) is 48.4 Å². The van der Waals surface area contributed by atoms with Crippen LogP contribution in [-0.2, 0) is 9.53 Å². The Labute approximate surface area is 200 Å². The largest absolute Gasteiger partial charge is 0.480 e. The summed E-state index contributed by atoms with van der Waals surface area (Å²) in [7, 11) is 0. The van der Waals surface area contributed by atoms with Gasteiger partial charge in [0.25, 0.3) is 5.91 Å². The van der Waals surface area contributed by atoms with Crippen LogP contribution in [0.4, 0.5) is 39.2 Å². The number of fused-ring (bicyclic) bond motifs is 1. The number of morpholine rings is 1. The second-order valence-corrected chi connectivity index (χ2v) is 8.02. The van der Waals surface area contributed by atoms with Crippen LogP contribution in [0.5, 0.6) is 5.75 Å². The van der Waals surface area contributed by atoms with Gasteiger partial charge in [-0.15, -0.1) is 0 Å². The number of hydrogen-bond acceptors (Lipinski definition) is 10. The van der Waals surface area contributed by atoms with Gasteiger partial charge in [0.05, 0.1) is 18.9 Å². The first-order chi connectivity index (χ1) is 17.1. The van der Waals surface area contributed by atoms with Gasteiger partial charge in [0.1, 0.15) is 5.82 Å². The van der Waals surface area contributed by atoms with E-state index in [9.17, 15) is 9.18 Å². The molecular weight excluding hydrogens is 457 g/mol. The minimum absolute atomic E-state index is 0.0125. The number of carbonyl (C=O) groups is 1. The average Bonchev–Trinajstić information content (AvgIpc) is 2.87. The Bertz CT molecular complexity index is 1210. The molecule has 1 aromatic carbocycles. The van der Waals surface area contributed by atoms with E-state index in [1.54, 1.807) is 12.1 Å². The van der Waals surface area contributed by atoms with E-state index in [1.807, 2.05) is 24.3 Å². The number of carbonyl (C=O) groups excluding carboxylic acids is 1. The molecule has 1 amide bonds. The number of nitrogens with zero attached hydrogens (tertiary/aromatic N) is 4. The first-order valence-electron chi connectivity index (χ1n) is 11.1. The summed E-state index contributed by atoms with van der Waals surface area (Å²) in [6, 6.07) is 10.9. The highest BCUT2D eigenvalue weighted by Gasteiger charge is 2.21. The van der Waals surface area contributed by atoms with Gasteiger partial charge < -0.3 is 35.4 Å². The van der Waals surface area contributed by atoms with E-state index in [1.165, 1.54) is 0 Å². The zero-order chi connectivity index (χ0) is 24.2. The fourth-order valence-corrected chi connectivity index (χ4v) is 3.83. The van der Waals surface area contributed by atoms with Gasteiger partial charge in [-0.1, -0.05) is 0 Å². The van der Waals surface area contributed by atoms with E-state index in [0.717, 1.165) is 30.7 Å². The number of nitrogens with one attached hydrogen (secondary N) is 3. The highest BCUT2D eigenvalue weighted by molar-refractivity contribution is 5.94. The molecule has 182 valence electrons. The van der Waals surface area contributed by atoms with Gasteiger partial charge >= 0.3 is 0 Å². The number of hydrogen-bond donors (Lipinski definition) is 4. The molecule has 2 aliphatic rings. The Morgan fingerprint density at radius 1 is 1.17 bits per heavy atom. The molecule has 2 aliphatic heterocycles. The number of aliphatic hydroxyl groups excluding tert-OH is 1. The van der Waals surface area contributed by atoms with Gasteiger partial charge in [0.2, 0.25) is 5.95 Å². The van der Waals surface area contributed by atoms with E-state index < -0.39 is 5.82 Å². The van der Waals surface area contributed by atoms with Crippen LogP contribution in [0.3, 0.4) is 0 Å². The highest BCUT2D eigenvalue weighted by Crippen LogP contribution is 2.29. The highest BCUT2D eigenvalue weighted by atomic mass is 19.1. The Morgan fingerprint density at radius 2 is 2.03 bits per heavy atom. The molecular formula is C23H24FN7O4. The summed E-state index contributed by atoms with van der Waals surface area (Å²) < 4.78 is 25.3. The molecule has 0 saturated carbocycles. The van der Waals surface area contributed by atoms with Crippen molar-refractivity contribution >= 4 is 40.7 Å². The van der Waals surface area contributed by atoms with Crippen molar-refractivity contribution in [2.24, 2.45) is 0 Å². The third-order valence-corrected chi connectivity index (χ3v) is 5.54. The van der Waals surface area contributed by atoms with E-state index in [0.29, 0.717) is 18.8 Å². The normalized spacial score (nSPS) is 17.3. The number of aromatic nitrogens is 3. The Balaban J connectivity index is 1.26. The number of amides is 1. The first-order valence-corrected chi connectivity index (χ1v) is 11.1. The standard InChI is InChI=1S/C23H24FN7O4/c24-17-11-25-23(30-21(17)27-19-6-5-18-22(28-19)29-20(33)13-35-18)26-14-1-3-15(4-2-14)31-8-10-34-16(12-31)7-9-32/h1-6,11,16,32H,7-10,12-13H2,(H3,25,26,27,28,29,30,33)/t16-/m1/s1. The third kappa shape index (κ3) is 5.39. The lowest BCUT2D eigenvalue weighted by Crippen LogP contribution is -2.42. The van der Waals surface area contributed by atoms with Gasteiger partial charge in [-0.25, -0.2) is 14.4 Å². The summed E-state index contributed by atoms with van der Waals surface area (Å²) in [4.78, 5) is 26.2. The van der Waals surface area contributed by atoms with Crippen molar-refractivity contribution in [3.63, 3.8) is 0 Å². The topological polar surface area (TPSA) is 134 Å². The van der Waals surface area contributed by atoms with Crippen LogP contribution < -0.4 is 25.6 Å². The second-order valence-electron chi connectivity index (χ2n) is 8.02. The first kappa shape index (κ1) is 22.7. The summed E-state index contributed by atoms with van der Waals surface area (Å²) in [5.74, 6) is 0.130. The predicted octanol–water partition coefficient (Wildman–Crippen LogP) is 2.42. The quantitative estimate of drug-likeness (QED) is 0.399. The number of benzene rings is 1. The number of ether oxygens (including phenoxy) is 2. The van der Waals surface area contributed by atoms with Crippen molar-refractivity contribution in [3.8, 4) is 5.75 Å². The zero-order valence-corrected chi connectivity index (χ0v) is 18.7. The lowest BCUT2D eigenvalue weighted by molar-refractivity contribution is -0.118. The summed E-state index contributed by atoms with van der Waals surface area (Å²) in [5.41, 5.74) is 1.77. The molecule has 5 rings (SSSR count). The molecule has 0 spiro atoms. The zero-order valence-electron chi connectivity index (χ0n) is 18.7. The Kier molecular flexibility index (Phi) is 6.55. The molecule has 4 heterocycles. The van der Waals surface area contributed by atoms with Crippen LogP contribution in [0.1, 0.15) is 6.42 Å². The predicted molar refractivity (Wildman–Crippen MR) is 127 cm³/mol.